The summed E-state index contributed by atoms with van der Waals surface area (Å²) in [6, 6.07) is 7.25. The molecular formula is C18H24N4O3. The maximum atomic E-state index is 12.4. The summed E-state index contributed by atoms with van der Waals surface area (Å²) < 4.78 is 0. The van der Waals surface area contributed by atoms with Gasteiger partial charge >= 0.3 is 0 Å². The monoisotopic (exact) mass is 344 g/mol. The van der Waals surface area contributed by atoms with E-state index in [2.05, 4.69) is 10.6 Å². The second-order valence-corrected chi connectivity index (χ2v) is 6.82. The Labute approximate surface area is 146 Å². The lowest BCUT2D eigenvalue weighted by Crippen LogP contribution is -2.44. The van der Waals surface area contributed by atoms with E-state index in [0.717, 1.165) is 32.2 Å². The molecule has 0 unspecified atom stereocenters. The summed E-state index contributed by atoms with van der Waals surface area (Å²) in [5, 5.41) is 5.75. The third-order valence-electron chi connectivity index (χ3n) is 4.63. The summed E-state index contributed by atoms with van der Waals surface area (Å²) >= 11 is 0. The maximum Gasteiger partial charge on any atom is 0.253 e. The highest BCUT2D eigenvalue weighted by atomic mass is 16.2. The van der Waals surface area contributed by atoms with Gasteiger partial charge in [0.15, 0.2) is 0 Å². The predicted molar refractivity (Wildman–Crippen MR) is 93.9 cm³/mol. The van der Waals surface area contributed by atoms with Crippen molar-refractivity contribution >= 4 is 23.4 Å². The van der Waals surface area contributed by atoms with Crippen LogP contribution < -0.4 is 16.4 Å². The highest BCUT2D eigenvalue weighted by molar-refractivity contribution is 6.04. The number of rotatable bonds is 6. The zero-order valence-corrected chi connectivity index (χ0v) is 14.2. The van der Waals surface area contributed by atoms with Gasteiger partial charge in [-0.1, -0.05) is 12.1 Å². The molecule has 1 aromatic rings. The van der Waals surface area contributed by atoms with Crippen molar-refractivity contribution in [3.05, 3.63) is 29.8 Å². The number of amides is 3. The molecule has 2 aliphatic rings. The Bertz CT molecular complexity index is 672. The minimum absolute atomic E-state index is 0.162. The lowest BCUT2D eigenvalue weighted by molar-refractivity contribution is -0.125. The number of carbonyl (C=O) groups excluding carboxylic acids is 3. The molecule has 7 heteroatoms. The highest BCUT2D eigenvalue weighted by Crippen LogP contribution is 2.22. The molecule has 7 nitrogen and oxygen atoms in total. The molecule has 3 amide bonds. The van der Waals surface area contributed by atoms with Gasteiger partial charge in [-0.3, -0.25) is 19.3 Å². The summed E-state index contributed by atoms with van der Waals surface area (Å²) in [4.78, 5) is 37.9. The van der Waals surface area contributed by atoms with Crippen molar-refractivity contribution in [2.24, 2.45) is 11.7 Å². The molecule has 1 aliphatic heterocycles. The number of likely N-dealkylation sites (tertiary alicyclic amines) is 1. The van der Waals surface area contributed by atoms with Crippen LogP contribution in [0.5, 0.6) is 0 Å². The summed E-state index contributed by atoms with van der Waals surface area (Å²) in [7, 11) is 0. The molecular weight excluding hydrogens is 320 g/mol. The van der Waals surface area contributed by atoms with Crippen LogP contribution in [0.3, 0.4) is 0 Å². The smallest absolute Gasteiger partial charge is 0.253 e. The molecule has 1 aromatic carbocycles. The number of carbonyl (C=O) groups is 3. The van der Waals surface area contributed by atoms with Crippen LogP contribution in [-0.2, 0) is 9.59 Å². The van der Waals surface area contributed by atoms with Crippen molar-refractivity contribution in [1.29, 1.82) is 0 Å². The minimum Gasteiger partial charge on any atom is -0.369 e. The SMILES string of the molecule is NC(=O)[C@H]1CCCN(CC(=O)Nc2ccccc2C(=O)NC2CC2)C1. The van der Waals surface area contributed by atoms with Crippen molar-refractivity contribution in [1.82, 2.24) is 10.2 Å². The van der Waals surface area contributed by atoms with Crippen LogP contribution in [0.4, 0.5) is 5.69 Å². The summed E-state index contributed by atoms with van der Waals surface area (Å²) in [6.07, 6.45) is 3.64. The van der Waals surface area contributed by atoms with Gasteiger partial charge in [-0.25, -0.2) is 0 Å². The maximum absolute atomic E-state index is 12.4. The largest absolute Gasteiger partial charge is 0.369 e. The number of para-hydroxylation sites is 1. The van der Waals surface area contributed by atoms with Crippen LogP contribution >= 0.6 is 0 Å². The first-order valence-corrected chi connectivity index (χ1v) is 8.74. The number of benzene rings is 1. The van der Waals surface area contributed by atoms with Gasteiger partial charge in [0.05, 0.1) is 23.7 Å². The van der Waals surface area contributed by atoms with Gasteiger partial charge in [-0.05, 0) is 44.4 Å². The Hall–Kier alpha value is -2.41. The van der Waals surface area contributed by atoms with Gasteiger partial charge in [0, 0.05) is 12.6 Å². The van der Waals surface area contributed by atoms with Crippen LogP contribution in [0.2, 0.25) is 0 Å². The number of piperidine rings is 1. The number of hydrogen-bond donors (Lipinski definition) is 3. The van der Waals surface area contributed by atoms with Gasteiger partial charge in [-0.2, -0.15) is 0 Å². The molecule has 0 bridgehead atoms. The fourth-order valence-electron chi connectivity index (χ4n) is 3.11. The van der Waals surface area contributed by atoms with E-state index in [1.165, 1.54) is 0 Å². The zero-order valence-electron chi connectivity index (χ0n) is 14.2. The Morgan fingerprint density at radius 1 is 1.16 bits per heavy atom. The first kappa shape index (κ1) is 17.4. The molecule has 4 N–H and O–H groups in total. The number of nitrogens with zero attached hydrogens (tertiary/aromatic N) is 1. The van der Waals surface area contributed by atoms with Gasteiger partial charge in [0.1, 0.15) is 0 Å². The van der Waals surface area contributed by atoms with E-state index in [9.17, 15) is 14.4 Å². The van der Waals surface area contributed by atoms with Gasteiger partial charge in [-0.15, -0.1) is 0 Å². The predicted octanol–water partition coefficient (Wildman–Crippen LogP) is 0.715. The number of nitrogens with one attached hydrogen (secondary N) is 2. The Morgan fingerprint density at radius 3 is 2.64 bits per heavy atom. The first-order valence-electron chi connectivity index (χ1n) is 8.74. The second-order valence-electron chi connectivity index (χ2n) is 6.82. The van der Waals surface area contributed by atoms with E-state index in [-0.39, 0.29) is 36.2 Å². The normalized spacial score (nSPS) is 20.7. The molecule has 1 aliphatic carbocycles. The van der Waals surface area contributed by atoms with Crippen LogP contribution in [0, 0.1) is 5.92 Å². The lowest BCUT2D eigenvalue weighted by atomic mass is 9.97. The minimum atomic E-state index is -0.313. The molecule has 1 atom stereocenters. The standard InChI is InChI=1S/C18H24N4O3/c19-17(24)12-4-3-9-22(10-12)11-16(23)21-15-6-2-1-5-14(15)18(25)20-13-7-8-13/h1-2,5-6,12-13H,3-4,7-11H2,(H2,19,24)(H,20,25)(H,21,23)/t12-/m0/s1. The molecule has 0 radical (unpaired) electrons. The topological polar surface area (TPSA) is 105 Å². The number of anilines is 1. The van der Waals surface area contributed by atoms with E-state index >= 15 is 0 Å². The molecule has 0 aromatic heterocycles. The highest BCUT2D eigenvalue weighted by Gasteiger charge is 2.26. The fraction of sp³-hybridized carbons (Fsp3) is 0.500. The summed E-state index contributed by atoms with van der Waals surface area (Å²) in [6.45, 7) is 1.45. The quantitative estimate of drug-likeness (QED) is 0.707. The molecule has 3 rings (SSSR count). The van der Waals surface area contributed by atoms with Gasteiger partial charge < -0.3 is 16.4 Å². The summed E-state index contributed by atoms with van der Waals surface area (Å²) in [5.74, 6) is -0.868. The van der Waals surface area contributed by atoms with Crippen molar-refractivity contribution in [3.63, 3.8) is 0 Å². The van der Waals surface area contributed by atoms with E-state index in [0.29, 0.717) is 17.8 Å². The van der Waals surface area contributed by atoms with E-state index in [1.807, 2.05) is 4.90 Å². The van der Waals surface area contributed by atoms with E-state index in [4.69, 9.17) is 5.73 Å². The van der Waals surface area contributed by atoms with Crippen molar-refractivity contribution in [2.45, 2.75) is 31.7 Å². The molecule has 134 valence electrons. The molecule has 2 fully saturated rings. The lowest BCUT2D eigenvalue weighted by Gasteiger charge is -2.30. The average Bonchev–Trinajstić information content (AvgIpc) is 3.39. The third-order valence-corrected chi connectivity index (χ3v) is 4.63. The Balaban J connectivity index is 1.59. The Morgan fingerprint density at radius 2 is 1.92 bits per heavy atom. The van der Waals surface area contributed by atoms with Crippen LogP contribution in [0.15, 0.2) is 24.3 Å². The van der Waals surface area contributed by atoms with Crippen molar-refractivity contribution in [2.75, 3.05) is 25.0 Å². The second kappa shape index (κ2) is 7.65. The molecule has 1 saturated carbocycles. The van der Waals surface area contributed by atoms with Gasteiger partial charge in [0.25, 0.3) is 5.91 Å². The third kappa shape index (κ3) is 4.79. The van der Waals surface area contributed by atoms with Gasteiger partial charge in [0.2, 0.25) is 11.8 Å². The van der Waals surface area contributed by atoms with Crippen LogP contribution in [-0.4, -0.2) is 48.3 Å². The van der Waals surface area contributed by atoms with Crippen LogP contribution in [0.25, 0.3) is 0 Å². The van der Waals surface area contributed by atoms with Crippen molar-refractivity contribution < 1.29 is 14.4 Å². The number of primary amides is 1. The molecule has 1 heterocycles. The average molecular weight is 344 g/mol. The molecule has 1 saturated heterocycles. The van der Waals surface area contributed by atoms with E-state index in [1.54, 1.807) is 24.3 Å². The Kier molecular flexibility index (Phi) is 5.33. The first-order chi connectivity index (χ1) is 12.0. The molecule has 25 heavy (non-hydrogen) atoms. The number of nitrogens with two attached hydrogens (primary N) is 1. The fourth-order valence-corrected chi connectivity index (χ4v) is 3.11. The zero-order chi connectivity index (χ0) is 17.8. The molecule has 0 spiro atoms. The summed E-state index contributed by atoms with van der Waals surface area (Å²) in [5.41, 5.74) is 6.35. The van der Waals surface area contributed by atoms with E-state index < -0.39 is 0 Å². The number of hydrogen-bond acceptors (Lipinski definition) is 4. The van der Waals surface area contributed by atoms with Crippen molar-refractivity contribution in [3.8, 4) is 0 Å². The van der Waals surface area contributed by atoms with Crippen LogP contribution in [0.1, 0.15) is 36.0 Å².